The molecule has 1 amide bonds. The maximum Gasteiger partial charge on any atom is 0.312 e. The van der Waals surface area contributed by atoms with Crippen molar-refractivity contribution < 1.29 is 53.8 Å². The minimum atomic E-state index is -1.95. The lowest BCUT2D eigenvalue weighted by molar-refractivity contribution is -0.116. The molecule has 0 spiro atoms. The Kier molecular flexibility index (Phi) is 11.5. The molecule has 9 atom stereocenters. The molecule has 4 aliphatic rings. The lowest BCUT2D eigenvalue weighted by Crippen LogP contribution is -2.45. The van der Waals surface area contributed by atoms with Gasteiger partial charge in [0.05, 0.1) is 48.9 Å². The Morgan fingerprint density at radius 1 is 0.900 bits per heavy atom. The third-order valence-electron chi connectivity index (χ3n) is 10.1. The Labute approximate surface area is 292 Å². The van der Waals surface area contributed by atoms with Gasteiger partial charge in [-0.15, -0.1) is 0 Å². The molecule has 0 saturated carbocycles. The van der Waals surface area contributed by atoms with Crippen LogP contribution in [0.3, 0.4) is 0 Å². The number of methoxy groups -OCH3 is 2. The molecular weight excluding hydrogens is 648 g/mol. The van der Waals surface area contributed by atoms with Gasteiger partial charge in [0.2, 0.25) is 5.78 Å². The molecule has 1 aromatic carbocycles. The summed E-state index contributed by atoms with van der Waals surface area (Å²) >= 11 is 0. The van der Waals surface area contributed by atoms with Crippen molar-refractivity contribution in [2.24, 2.45) is 28.7 Å². The Bertz CT molecular complexity index is 1710. The second-order valence-electron chi connectivity index (χ2n) is 13.4. The molecule has 0 unspecified atom stereocenters. The number of rotatable bonds is 2. The first-order valence-electron chi connectivity index (χ1n) is 16.5. The van der Waals surface area contributed by atoms with Crippen LogP contribution in [0.4, 0.5) is 0 Å². The van der Waals surface area contributed by atoms with Gasteiger partial charge in [-0.25, -0.2) is 0 Å². The number of fused-ring (bicyclic) bond motifs is 14. The summed E-state index contributed by atoms with van der Waals surface area (Å²) in [7, 11) is 4.14. The van der Waals surface area contributed by atoms with Crippen molar-refractivity contribution in [2.45, 2.75) is 78.7 Å². The highest BCUT2D eigenvalue weighted by Crippen LogP contribution is 2.48. The van der Waals surface area contributed by atoms with Crippen LogP contribution in [0.1, 0.15) is 73.4 Å². The molecule has 50 heavy (non-hydrogen) atoms. The highest BCUT2D eigenvalue weighted by molar-refractivity contribution is 6.33. The van der Waals surface area contributed by atoms with Crippen molar-refractivity contribution in [3.63, 3.8) is 0 Å². The average Bonchev–Trinajstić information content (AvgIpc) is 3.36. The maximum atomic E-state index is 14.1. The van der Waals surface area contributed by atoms with Crippen LogP contribution >= 0.6 is 0 Å². The monoisotopic (exact) mass is 696 g/mol. The average molecular weight is 697 g/mol. The van der Waals surface area contributed by atoms with Crippen LogP contribution in [-0.2, 0) is 19.0 Å². The van der Waals surface area contributed by atoms with Crippen LogP contribution in [0.5, 0.6) is 11.5 Å². The Balaban J connectivity index is 1.89. The fourth-order valence-electron chi connectivity index (χ4n) is 6.70. The quantitative estimate of drug-likeness (QED) is 0.305. The first kappa shape index (κ1) is 38.5. The number of allylic oxidation sites excluding steroid dienone is 4. The van der Waals surface area contributed by atoms with E-state index in [0.29, 0.717) is 0 Å². The number of nitrogens with zero attached hydrogens (tertiary/aromatic N) is 1. The van der Waals surface area contributed by atoms with E-state index in [1.165, 1.54) is 60.5 Å². The zero-order valence-electron chi connectivity index (χ0n) is 30.1. The predicted molar refractivity (Wildman–Crippen MR) is 184 cm³/mol. The van der Waals surface area contributed by atoms with Gasteiger partial charge in [0.1, 0.15) is 22.9 Å². The van der Waals surface area contributed by atoms with Gasteiger partial charge in [-0.05, 0) is 19.9 Å². The number of aliphatic hydroxyl groups excluding tert-OH is 3. The maximum absolute atomic E-state index is 14.1. The van der Waals surface area contributed by atoms with Crippen molar-refractivity contribution in [3.05, 3.63) is 69.8 Å². The van der Waals surface area contributed by atoms with E-state index in [9.17, 15) is 34.8 Å². The van der Waals surface area contributed by atoms with Gasteiger partial charge < -0.3 is 44.7 Å². The van der Waals surface area contributed by atoms with Gasteiger partial charge in [0.25, 0.3) is 11.7 Å². The van der Waals surface area contributed by atoms with E-state index in [4.69, 9.17) is 18.9 Å². The van der Waals surface area contributed by atoms with Crippen molar-refractivity contribution in [3.8, 4) is 11.5 Å². The molecule has 13 nitrogen and oxygen atoms in total. The molecule has 0 saturated heterocycles. The number of hydrogen-bond donors (Lipinski definition) is 5. The minimum Gasteiger partial charge on any atom is -0.507 e. The highest BCUT2D eigenvalue weighted by Gasteiger charge is 2.52. The Hall–Kier alpha value is -4.30. The Morgan fingerprint density at radius 2 is 1.52 bits per heavy atom. The summed E-state index contributed by atoms with van der Waals surface area (Å²) in [6.45, 7) is 11.3. The number of benzene rings is 1. The number of phenolic OH excluding ortho intramolecular Hbond substituents is 1. The second-order valence-corrected chi connectivity index (χ2v) is 13.4. The first-order valence-corrected chi connectivity index (χ1v) is 16.5. The lowest BCUT2D eigenvalue weighted by Gasteiger charge is -2.36. The molecule has 0 radical (unpaired) electrons. The number of carbonyl (C=O) groups is 3. The van der Waals surface area contributed by atoms with Gasteiger partial charge in [-0.1, -0.05) is 45.9 Å². The van der Waals surface area contributed by atoms with Crippen LogP contribution in [-0.4, -0.2) is 95.1 Å². The summed E-state index contributed by atoms with van der Waals surface area (Å²) in [4.78, 5) is 45.9. The normalized spacial score (nSPS) is 33.3. The summed E-state index contributed by atoms with van der Waals surface area (Å²) < 4.78 is 23.1. The largest absolute Gasteiger partial charge is 0.507 e. The third kappa shape index (κ3) is 6.62. The molecule has 1 aromatic rings. The van der Waals surface area contributed by atoms with Gasteiger partial charge >= 0.3 is 5.79 Å². The number of aromatic hydroxyl groups is 1. The molecule has 272 valence electrons. The number of aliphatic hydroxyl groups is 3. The van der Waals surface area contributed by atoms with E-state index < -0.39 is 77.1 Å². The number of carbonyl (C=O) groups excluding carboxylic acids is 3. The molecule has 5 bridgehead atoms. The SMILES string of the molecule is CN=C1C(OC)=C2NC(=O)C(C)=CC=C[C@H](C)[C@H](O)[C@@H](C)[C@@H](O)[C@@H](C)[C@H](O)[C@H](C)[C@@H](OC)C=CO[C@@]3(C)Oc4c(C)c(O)c(c1c4C3=O)C2=O. The standard InChI is InChI=1S/C37H48N2O11/c1-16-12-11-13-17(2)36(46)39-27-32(44)24-23(26(38-8)34(27)48-10)25-33(21(6)31(24)43)50-37(7,35(25)45)49-15-14-22(47-9)18(3)29(41)20(5)30(42)19(4)28(16)40/h11-16,18-20,22,28-30,40-43H,1-10H3,(H,39,46)/t16-,18+,19+,20-,22-,28-,29+,30+,37-/m0/s1. The molecule has 5 N–H and O–H groups in total. The number of Topliss-reactive ketones (excluding diaryl/α,β-unsaturated/α-hetero) is 2. The molecule has 0 fully saturated rings. The van der Waals surface area contributed by atoms with Crippen molar-refractivity contribution in [1.29, 1.82) is 0 Å². The highest BCUT2D eigenvalue weighted by atomic mass is 16.7. The summed E-state index contributed by atoms with van der Waals surface area (Å²) in [5, 5.41) is 47.5. The molecule has 0 aromatic heterocycles. The van der Waals surface area contributed by atoms with E-state index in [1.807, 2.05) is 0 Å². The smallest absolute Gasteiger partial charge is 0.312 e. The fourth-order valence-corrected chi connectivity index (χ4v) is 6.70. The van der Waals surface area contributed by atoms with Crippen LogP contribution in [0.15, 0.2) is 52.6 Å². The molecule has 3 heterocycles. The summed E-state index contributed by atoms with van der Waals surface area (Å²) in [5.41, 5.74) is -0.335. The second kappa shape index (κ2) is 14.9. The first-order chi connectivity index (χ1) is 23.5. The summed E-state index contributed by atoms with van der Waals surface area (Å²) in [6.07, 6.45) is 3.57. The number of hydrogen-bond acceptors (Lipinski definition) is 12. The van der Waals surface area contributed by atoms with Crippen molar-refractivity contribution in [1.82, 2.24) is 5.32 Å². The van der Waals surface area contributed by atoms with Crippen molar-refractivity contribution >= 4 is 23.2 Å². The summed E-state index contributed by atoms with van der Waals surface area (Å²) in [5.74, 6) is -7.05. The zero-order chi connectivity index (χ0) is 37.4. The molecule has 1 aliphatic carbocycles. The zero-order valence-corrected chi connectivity index (χ0v) is 30.1. The van der Waals surface area contributed by atoms with Crippen LogP contribution in [0.25, 0.3) is 0 Å². The third-order valence-corrected chi connectivity index (χ3v) is 10.1. The van der Waals surface area contributed by atoms with E-state index in [-0.39, 0.29) is 50.7 Å². The van der Waals surface area contributed by atoms with E-state index in [1.54, 1.807) is 39.8 Å². The molecule has 13 heteroatoms. The minimum absolute atomic E-state index is 0.0180. The predicted octanol–water partition coefficient (Wildman–Crippen LogP) is 3.27. The van der Waals surface area contributed by atoms with Crippen LogP contribution in [0.2, 0.25) is 0 Å². The number of nitrogens with one attached hydrogen (secondary N) is 1. The topological polar surface area (TPSA) is 193 Å². The van der Waals surface area contributed by atoms with Gasteiger partial charge in [-0.3, -0.25) is 19.4 Å². The molecular formula is C37H48N2O11. The Morgan fingerprint density at radius 3 is 2.12 bits per heavy atom. The number of ether oxygens (including phenoxy) is 4. The van der Waals surface area contributed by atoms with Crippen LogP contribution < -0.4 is 10.1 Å². The number of ketones is 2. The van der Waals surface area contributed by atoms with Crippen LogP contribution in [0, 0.1) is 30.6 Å². The van der Waals surface area contributed by atoms with E-state index >= 15 is 0 Å². The lowest BCUT2D eigenvalue weighted by atomic mass is 9.78. The fraction of sp³-hybridized carbons (Fsp3) is 0.514. The number of aliphatic imine (C=N–C) groups is 1. The van der Waals surface area contributed by atoms with E-state index in [2.05, 4.69) is 10.3 Å². The van der Waals surface area contributed by atoms with Gasteiger partial charge in [0.15, 0.2) is 5.76 Å². The van der Waals surface area contributed by atoms with Gasteiger partial charge in [0, 0.05) is 61.5 Å². The molecule has 5 rings (SSSR count). The molecule has 3 aliphatic heterocycles. The number of amides is 1. The van der Waals surface area contributed by atoms with Gasteiger partial charge in [-0.2, -0.15) is 0 Å². The number of phenols is 1. The van der Waals surface area contributed by atoms with Crippen molar-refractivity contribution in [2.75, 3.05) is 21.3 Å². The summed E-state index contributed by atoms with van der Waals surface area (Å²) in [6, 6.07) is 0. The van der Waals surface area contributed by atoms with E-state index in [0.717, 1.165) is 0 Å².